The van der Waals surface area contributed by atoms with E-state index < -0.39 is 0 Å². The van der Waals surface area contributed by atoms with Gasteiger partial charge in [-0.15, -0.1) is 21.5 Å². The lowest BCUT2D eigenvalue weighted by atomic mass is 10.1. The number of aromatic nitrogens is 3. The molecule has 2 aromatic rings. The zero-order chi connectivity index (χ0) is 13.2. The Kier molecular flexibility index (Phi) is 3.66. The van der Waals surface area contributed by atoms with Crippen LogP contribution in [0.2, 0.25) is 0 Å². The van der Waals surface area contributed by atoms with Crippen LogP contribution < -0.4 is 5.32 Å². The molecule has 3 heterocycles. The summed E-state index contributed by atoms with van der Waals surface area (Å²) in [5.41, 5.74) is 0. The number of thiophene rings is 1. The first-order valence-corrected chi connectivity index (χ1v) is 7.89. The number of nitrogens with one attached hydrogen (secondary N) is 1. The molecule has 1 aliphatic heterocycles. The van der Waals surface area contributed by atoms with Crippen LogP contribution in [0.25, 0.3) is 0 Å². The van der Waals surface area contributed by atoms with Gasteiger partial charge < -0.3 is 4.57 Å². The molecular formula is C14H20N4S. The van der Waals surface area contributed by atoms with Crippen molar-refractivity contribution in [3.05, 3.63) is 34.0 Å². The number of hydrogen-bond donors (Lipinski definition) is 1. The van der Waals surface area contributed by atoms with Gasteiger partial charge in [-0.3, -0.25) is 5.32 Å². The Morgan fingerprint density at radius 2 is 2.37 bits per heavy atom. The second-order valence-corrected chi connectivity index (χ2v) is 6.07. The maximum Gasteiger partial charge on any atom is 0.149 e. The third-order valence-electron chi connectivity index (χ3n) is 3.77. The monoisotopic (exact) mass is 276 g/mol. The molecule has 1 aliphatic rings. The molecule has 0 spiro atoms. The van der Waals surface area contributed by atoms with Crippen molar-refractivity contribution in [2.45, 2.75) is 51.7 Å². The quantitative estimate of drug-likeness (QED) is 0.912. The molecule has 0 aliphatic carbocycles. The molecule has 4 nitrogen and oxygen atoms in total. The maximum atomic E-state index is 4.36. The number of aryl methyl sites for hydroxylation is 1. The zero-order valence-electron chi connectivity index (χ0n) is 11.5. The van der Waals surface area contributed by atoms with Gasteiger partial charge in [0.1, 0.15) is 11.6 Å². The molecular weight excluding hydrogens is 256 g/mol. The SMILES string of the molecule is CCC(NC(C)c1nnc2n1CCC2)c1cccs1. The van der Waals surface area contributed by atoms with Crippen LogP contribution in [-0.4, -0.2) is 14.8 Å². The number of rotatable bonds is 5. The molecule has 2 unspecified atom stereocenters. The van der Waals surface area contributed by atoms with E-state index in [1.165, 1.54) is 11.3 Å². The molecule has 0 fully saturated rings. The summed E-state index contributed by atoms with van der Waals surface area (Å²) in [5, 5.41) is 14.5. The second kappa shape index (κ2) is 5.43. The summed E-state index contributed by atoms with van der Waals surface area (Å²) in [6.07, 6.45) is 3.36. The fourth-order valence-corrected chi connectivity index (χ4v) is 3.63. The van der Waals surface area contributed by atoms with Crippen molar-refractivity contribution in [3.8, 4) is 0 Å². The minimum absolute atomic E-state index is 0.242. The summed E-state index contributed by atoms with van der Waals surface area (Å²) in [6.45, 7) is 5.48. The van der Waals surface area contributed by atoms with E-state index in [9.17, 15) is 0 Å². The normalized spacial score (nSPS) is 17.4. The molecule has 0 radical (unpaired) electrons. The molecule has 0 saturated heterocycles. The highest BCUT2D eigenvalue weighted by atomic mass is 32.1. The van der Waals surface area contributed by atoms with Gasteiger partial charge in [0.05, 0.1) is 6.04 Å². The number of nitrogens with zero attached hydrogens (tertiary/aromatic N) is 3. The van der Waals surface area contributed by atoms with Gasteiger partial charge in [-0.05, 0) is 31.2 Å². The molecule has 1 N–H and O–H groups in total. The zero-order valence-corrected chi connectivity index (χ0v) is 12.3. The van der Waals surface area contributed by atoms with Gasteiger partial charge in [-0.25, -0.2) is 0 Å². The average molecular weight is 276 g/mol. The van der Waals surface area contributed by atoms with Gasteiger partial charge in [-0.1, -0.05) is 13.0 Å². The molecule has 3 rings (SSSR count). The van der Waals surface area contributed by atoms with E-state index in [1.807, 2.05) is 11.3 Å². The highest BCUT2D eigenvalue weighted by molar-refractivity contribution is 7.10. The largest absolute Gasteiger partial charge is 0.314 e. The van der Waals surface area contributed by atoms with E-state index in [1.54, 1.807) is 0 Å². The van der Waals surface area contributed by atoms with E-state index >= 15 is 0 Å². The van der Waals surface area contributed by atoms with Crippen molar-refractivity contribution in [2.75, 3.05) is 0 Å². The lowest BCUT2D eigenvalue weighted by Crippen LogP contribution is -2.26. The Labute approximate surface area is 117 Å². The minimum atomic E-state index is 0.242. The summed E-state index contributed by atoms with van der Waals surface area (Å²) in [6, 6.07) is 4.96. The molecule has 0 saturated carbocycles. The first-order valence-electron chi connectivity index (χ1n) is 7.01. The van der Waals surface area contributed by atoms with E-state index in [0.717, 1.165) is 31.0 Å². The third kappa shape index (κ3) is 2.44. The molecule has 2 atom stereocenters. The Morgan fingerprint density at radius 3 is 3.11 bits per heavy atom. The average Bonchev–Trinajstić information content (AvgIpc) is 3.10. The first-order chi connectivity index (χ1) is 9.29. The van der Waals surface area contributed by atoms with E-state index in [-0.39, 0.29) is 6.04 Å². The predicted octanol–water partition coefficient (Wildman–Crippen LogP) is 3.09. The van der Waals surface area contributed by atoms with E-state index in [2.05, 4.69) is 51.4 Å². The van der Waals surface area contributed by atoms with Gasteiger partial charge in [0, 0.05) is 23.9 Å². The van der Waals surface area contributed by atoms with Gasteiger partial charge in [-0.2, -0.15) is 0 Å². The van der Waals surface area contributed by atoms with E-state index in [4.69, 9.17) is 0 Å². The van der Waals surface area contributed by atoms with Crippen LogP contribution in [0.5, 0.6) is 0 Å². The summed E-state index contributed by atoms with van der Waals surface area (Å²) in [4.78, 5) is 1.40. The lowest BCUT2D eigenvalue weighted by Gasteiger charge is -2.21. The smallest absolute Gasteiger partial charge is 0.149 e. The molecule has 2 aromatic heterocycles. The number of fused-ring (bicyclic) bond motifs is 1. The Balaban J connectivity index is 1.75. The number of hydrogen-bond acceptors (Lipinski definition) is 4. The Morgan fingerprint density at radius 1 is 1.47 bits per heavy atom. The molecule has 19 heavy (non-hydrogen) atoms. The van der Waals surface area contributed by atoms with Crippen LogP contribution in [0.3, 0.4) is 0 Å². The fraction of sp³-hybridized carbons (Fsp3) is 0.571. The summed E-state index contributed by atoms with van der Waals surface area (Å²) >= 11 is 1.81. The van der Waals surface area contributed by atoms with Crippen LogP contribution in [0.15, 0.2) is 17.5 Å². The van der Waals surface area contributed by atoms with Crippen LogP contribution in [0.4, 0.5) is 0 Å². The van der Waals surface area contributed by atoms with Crippen molar-refractivity contribution >= 4 is 11.3 Å². The first kappa shape index (κ1) is 12.8. The van der Waals surface area contributed by atoms with Gasteiger partial charge in [0.2, 0.25) is 0 Å². The summed E-state index contributed by atoms with van der Waals surface area (Å²) in [7, 11) is 0. The summed E-state index contributed by atoms with van der Waals surface area (Å²) < 4.78 is 2.28. The van der Waals surface area contributed by atoms with Crippen molar-refractivity contribution in [1.82, 2.24) is 20.1 Å². The Hall–Kier alpha value is -1.20. The molecule has 102 valence electrons. The van der Waals surface area contributed by atoms with Gasteiger partial charge >= 0.3 is 0 Å². The molecule has 5 heteroatoms. The van der Waals surface area contributed by atoms with Crippen LogP contribution in [-0.2, 0) is 13.0 Å². The van der Waals surface area contributed by atoms with E-state index in [0.29, 0.717) is 6.04 Å². The minimum Gasteiger partial charge on any atom is -0.314 e. The van der Waals surface area contributed by atoms with Crippen molar-refractivity contribution in [3.63, 3.8) is 0 Å². The topological polar surface area (TPSA) is 42.7 Å². The lowest BCUT2D eigenvalue weighted by molar-refractivity contribution is 0.434. The summed E-state index contributed by atoms with van der Waals surface area (Å²) in [5.74, 6) is 2.23. The second-order valence-electron chi connectivity index (χ2n) is 5.09. The van der Waals surface area contributed by atoms with Crippen molar-refractivity contribution < 1.29 is 0 Å². The fourth-order valence-electron chi connectivity index (χ4n) is 2.76. The third-order valence-corrected chi connectivity index (χ3v) is 4.76. The molecule has 0 aromatic carbocycles. The van der Waals surface area contributed by atoms with Crippen molar-refractivity contribution in [1.29, 1.82) is 0 Å². The van der Waals surface area contributed by atoms with Crippen LogP contribution in [0.1, 0.15) is 55.3 Å². The predicted molar refractivity (Wildman–Crippen MR) is 77.2 cm³/mol. The highest BCUT2D eigenvalue weighted by Crippen LogP contribution is 2.26. The Bertz CT molecular complexity index is 532. The molecule has 0 bridgehead atoms. The highest BCUT2D eigenvalue weighted by Gasteiger charge is 2.23. The molecule has 0 amide bonds. The van der Waals surface area contributed by atoms with Crippen LogP contribution >= 0.6 is 11.3 Å². The standard InChI is InChI=1S/C14H20N4S/c1-3-11(12-6-5-9-19-12)15-10(2)14-17-16-13-7-4-8-18(13)14/h5-6,9-11,15H,3-4,7-8H2,1-2H3. The van der Waals surface area contributed by atoms with Crippen molar-refractivity contribution in [2.24, 2.45) is 0 Å². The van der Waals surface area contributed by atoms with Gasteiger partial charge in [0.25, 0.3) is 0 Å². The van der Waals surface area contributed by atoms with Gasteiger partial charge in [0.15, 0.2) is 0 Å². The van der Waals surface area contributed by atoms with Crippen LogP contribution in [0, 0.1) is 0 Å². The maximum absolute atomic E-state index is 4.36.